The Morgan fingerprint density at radius 2 is 1.73 bits per heavy atom. The Hall–Kier alpha value is 0.640. The van der Waals surface area contributed by atoms with Crippen LogP contribution in [0.1, 0.15) is 6.23 Å². The molecule has 0 saturated carbocycles. The summed E-state index contributed by atoms with van der Waals surface area (Å²) in [4.78, 5) is 51.0. The number of rotatable bonds is 8. The fourth-order valence-electron chi connectivity index (χ4n) is 2.61. The van der Waals surface area contributed by atoms with Crippen molar-refractivity contribution in [1.29, 1.82) is 0 Å². The fourth-order valence-corrected chi connectivity index (χ4v) is 5.55. The zero-order chi connectivity index (χ0) is 23.2. The van der Waals surface area contributed by atoms with Crippen LogP contribution in [0.5, 0.6) is 0 Å². The van der Waals surface area contributed by atoms with Crippen LogP contribution < -0.4 is 74.6 Å². The first-order valence-electron chi connectivity index (χ1n) is 7.88. The van der Waals surface area contributed by atoms with E-state index in [-0.39, 0.29) is 76.1 Å². The Morgan fingerprint density at radius 3 is 2.33 bits per heavy atom. The van der Waals surface area contributed by atoms with Crippen LogP contribution in [0.3, 0.4) is 0 Å². The number of aliphatic hydroxyl groups excluding tert-OH is 2. The van der Waals surface area contributed by atoms with E-state index < -0.39 is 54.6 Å². The quantitative estimate of drug-likeness (QED) is 0.150. The average molecular weight is 551 g/mol. The summed E-state index contributed by atoms with van der Waals surface area (Å²) >= 11 is 0. The Balaban J connectivity index is 0.00000272. The van der Waals surface area contributed by atoms with Crippen LogP contribution in [0, 0.1) is 0 Å². The Morgan fingerprint density at radius 1 is 1.09 bits per heavy atom. The number of nitrogens with zero attached hydrogens (tertiary/aromatic N) is 4. The van der Waals surface area contributed by atoms with Gasteiger partial charge in [-0.05, 0) is 0 Å². The number of hydrogen-bond acceptors (Lipinski definition) is 15. The van der Waals surface area contributed by atoms with Gasteiger partial charge in [0.05, 0.1) is 12.9 Å². The molecular weight excluding hydrogens is 537 g/mol. The second kappa shape index (κ2) is 11.8. The molecule has 18 nitrogen and oxygen atoms in total. The van der Waals surface area contributed by atoms with Gasteiger partial charge >= 0.3 is 66.9 Å². The van der Waals surface area contributed by atoms with Crippen LogP contribution in [-0.2, 0) is 31.6 Å². The number of phosphoric ester groups is 1. The number of hydrogen-bond donors (Lipinski definition) is 5. The number of phosphoric acid groups is 3. The molecule has 174 valence electrons. The number of anilines is 1. The van der Waals surface area contributed by atoms with E-state index in [0.717, 1.165) is 6.33 Å². The molecule has 0 spiro atoms. The summed E-state index contributed by atoms with van der Waals surface area (Å²) in [5, 5.41) is 20.4. The van der Waals surface area contributed by atoms with Crippen molar-refractivity contribution in [2.75, 3.05) is 12.3 Å². The maximum Gasteiger partial charge on any atom is 1.00 e. The maximum absolute atomic E-state index is 11.7. The molecule has 0 amide bonds. The van der Waals surface area contributed by atoms with E-state index in [2.05, 4.69) is 28.1 Å². The number of ether oxygens (including phenoxy) is 1. The number of imidazole rings is 1. The van der Waals surface area contributed by atoms with Crippen molar-refractivity contribution < 1.29 is 120 Å². The standard InChI is InChI=1S/C10H16N5O13P3.2Na/c11-8-5-9(13-2-12-8)15(3-14-5)10-7(17)6(16)4(26-10)1-25-30(21,22)28-31(23,24)27-29(18,19)20;;/h2-4,6-7,10,16-17H,1H2,(H,21,22)(H,23,24)(H2,11,12,13)(H2,18,19,20);;/q;2*+1/p-2/t4-,6+,7+,10-;;/m1../s1. The molecule has 33 heavy (non-hydrogen) atoms. The Bertz CT molecular complexity index is 1120. The van der Waals surface area contributed by atoms with Crippen molar-refractivity contribution in [2.24, 2.45) is 0 Å². The number of aromatic nitrogens is 4. The molecule has 3 heterocycles. The van der Waals surface area contributed by atoms with Gasteiger partial charge in [0.15, 0.2) is 17.7 Å². The molecular formula is C10H14N5Na2O13P3. The third kappa shape index (κ3) is 8.06. The van der Waals surface area contributed by atoms with Crippen molar-refractivity contribution >= 4 is 40.4 Å². The minimum atomic E-state index is -6.01. The molecule has 3 rings (SSSR count). The minimum Gasteiger partial charge on any atom is -0.756 e. The van der Waals surface area contributed by atoms with Crippen LogP contribution in [0.25, 0.3) is 11.2 Å². The van der Waals surface area contributed by atoms with E-state index in [4.69, 9.17) is 15.4 Å². The van der Waals surface area contributed by atoms with Crippen molar-refractivity contribution in [2.45, 2.75) is 24.5 Å². The molecule has 1 saturated heterocycles. The van der Waals surface area contributed by atoms with Gasteiger partial charge in [-0.3, -0.25) is 18.2 Å². The van der Waals surface area contributed by atoms with E-state index in [0.29, 0.717) is 0 Å². The predicted octanol–water partition coefficient (Wildman–Crippen LogP) is -8.89. The molecule has 2 aromatic rings. The van der Waals surface area contributed by atoms with E-state index in [9.17, 15) is 38.6 Å². The van der Waals surface area contributed by atoms with Gasteiger partial charge in [0.1, 0.15) is 30.2 Å². The summed E-state index contributed by atoms with van der Waals surface area (Å²) in [7, 11) is -17.4. The van der Waals surface area contributed by atoms with Gasteiger partial charge in [-0.15, -0.1) is 0 Å². The molecule has 0 bridgehead atoms. The first-order chi connectivity index (χ1) is 14.2. The van der Waals surface area contributed by atoms with Gasteiger partial charge in [-0.1, -0.05) is 0 Å². The van der Waals surface area contributed by atoms with Crippen LogP contribution >= 0.6 is 23.5 Å². The number of aliphatic hydroxyl groups is 2. The fraction of sp³-hybridized carbons (Fsp3) is 0.500. The normalized spacial score (nSPS) is 28.2. The smallest absolute Gasteiger partial charge is 0.756 e. The average Bonchev–Trinajstić information content (AvgIpc) is 3.13. The molecule has 23 heteroatoms. The van der Waals surface area contributed by atoms with Gasteiger partial charge < -0.3 is 40.3 Å². The SMILES string of the molecule is Nc1ncnc2c1ncn2[C@@H]1O[C@H](COP(=O)(O)OP(=O)([O-])OP(=O)([O-])O)[C@H](O)[C@@H]1O.[Na+].[Na+]. The molecule has 0 aliphatic carbocycles. The number of fused-ring (bicyclic) bond motifs is 1. The maximum atomic E-state index is 11.7. The molecule has 1 aliphatic heterocycles. The van der Waals surface area contributed by atoms with E-state index >= 15 is 0 Å². The summed E-state index contributed by atoms with van der Waals surface area (Å²) in [6, 6.07) is 0. The first-order valence-corrected chi connectivity index (χ1v) is 12.3. The largest absolute Gasteiger partial charge is 1.00 e. The van der Waals surface area contributed by atoms with Gasteiger partial charge in [-0.2, -0.15) is 0 Å². The van der Waals surface area contributed by atoms with Crippen LogP contribution in [0.2, 0.25) is 0 Å². The van der Waals surface area contributed by atoms with Gasteiger partial charge in [-0.25, -0.2) is 28.1 Å². The molecule has 0 radical (unpaired) electrons. The zero-order valence-corrected chi connectivity index (χ0v) is 23.5. The van der Waals surface area contributed by atoms with E-state index in [1.165, 1.54) is 10.9 Å². The minimum absolute atomic E-state index is 0. The predicted molar refractivity (Wildman–Crippen MR) is 91.0 cm³/mol. The Labute approximate surface area is 228 Å². The summed E-state index contributed by atoms with van der Waals surface area (Å²) in [5.41, 5.74) is 5.97. The van der Waals surface area contributed by atoms with Gasteiger partial charge in [0.25, 0.3) is 15.6 Å². The monoisotopic (exact) mass is 551 g/mol. The van der Waals surface area contributed by atoms with E-state index in [1.54, 1.807) is 0 Å². The molecule has 3 unspecified atom stereocenters. The zero-order valence-electron chi connectivity index (χ0n) is 16.8. The van der Waals surface area contributed by atoms with Crippen molar-refractivity contribution in [3.05, 3.63) is 12.7 Å². The van der Waals surface area contributed by atoms with Gasteiger partial charge in [0.2, 0.25) is 0 Å². The van der Waals surface area contributed by atoms with Crippen molar-refractivity contribution in [3.63, 3.8) is 0 Å². The summed E-state index contributed by atoms with van der Waals surface area (Å²) < 4.78 is 51.0. The van der Waals surface area contributed by atoms with E-state index in [1.807, 2.05) is 0 Å². The molecule has 2 aromatic heterocycles. The molecule has 1 fully saturated rings. The van der Waals surface area contributed by atoms with Crippen LogP contribution in [-0.4, -0.2) is 64.4 Å². The molecule has 6 N–H and O–H groups in total. The second-order valence-corrected chi connectivity index (χ2v) is 10.3. The number of nitrogen functional groups attached to an aromatic ring is 1. The summed E-state index contributed by atoms with van der Waals surface area (Å²) in [6.45, 7) is -1.000. The first kappa shape index (κ1) is 31.7. The topological polar surface area (TPSA) is 285 Å². The number of nitrogens with two attached hydrogens (primary N) is 1. The summed E-state index contributed by atoms with van der Waals surface area (Å²) in [5.74, 6) is 0.0322. The molecule has 7 atom stereocenters. The van der Waals surface area contributed by atoms with Crippen LogP contribution in [0.15, 0.2) is 12.7 Å². The van der Waals surface area contributed by atoms with Crippen LogP contribution in [0.4, 0.5) is 5.82 Å². The molecule has 1 aliphatic rings. The second-order valence-electron chi connectivity index (χ2n) is 5.97. The third-order valence-corrected chi connectivity index (χ3v) is 7.53. The molecule has 0 aromatic carbocycles. The van der Waals surface area contributed by atoms with Crippen molar-refractivity contribution in [3.8, 4) is 0 Å². The Kier molecular flexibility index (Phi) is 11.3. The summed E-state index contributed by atoms with van der Waals surface area (Å²) in [6.07, 6.45) is -3.81. The van der Waals surface area contributed by atoms with Gasteiger partial charge in [0, 0.05) is 0 Å². The third-order valence-electron chi connectivity index (χ3n) is 3.81. The van der Waals surface area contributed by atoms with Crippen molar-refractivity contribution in [1.82, 2.24) is 19.5 Å².